The molecule has 1 heterocycles. The summed E-state index contributed by atoms with van der Waals surface area (Å²) in [5, 5.41) is 12.6. The molecule has 10 heteroatoms. The number of nitrogens with one attached hydrogen (secondary N) is 1. The van der Waals surface area contributed by atoms with Gasteiger partial charge in [-0.25, -0.2) is 14.0 Å². The Morgan fingerprint density at radius 3 is 2.45 bits per heavy atom. The molecule has 0 saturated carbocycles. The van der Waals surface area contributed by atoms with Crippen LogP contribution in [0, 0.1) is 5.82 Å². The lowest BCUT2D eigenvalue weighted by Gasteiger charge is -2.46. The summed E-state index contributed by atoms with van der Waals surface area (Å²) in [6, 6.07) is 17.5. The number of urea groups is 1. The third-order valence-electron chi connectivity index (χ3n) is 7.64. The lowest BCUT2D eigenvalue weighted by molar-refractivity contribution is -0.928. The van der Waals surface area contributed by atoms with Crippen LogP contribution in [0.1, 0.15) is 41.3 Å². The SMILES string of the molecule is CCOC(=O)c1ccc(NC(=O)N([C@@H]2CCC[N+](C)(Cc3cccc(F)c3)C2)[C@@H](Cc2ccc(O)cc2)C(N)=O)cc1. The minimum absolute atomic E-state index is 0.0907. The second kappa shape index (κ2) is 13.5. The highest BCUT2D eigenvalue weighted by atomic mass is 19.1. The summed E-state index contributed by atoms with van der Waals surface area (Å²) in [6.07, 6.45) is 1.61. The Labute approximate surface area is 245 Å². The standard InChI is InChI=1S/C32H37FN4O5/c1-3-42-31(40)24-11-13-26(14-12-24)35-32(41)36(29(30(34)39)19-22-9-15-28(38)16-10-22)27-8-5-17-37(2,21-27)20-23-6-4-7-25(33)18-23/h4,6-7,9-16,18,27,29H,3,5,8,17,19-21H2,1-2H3,(H3-,34,35,38,39,40,41)/p+1/t27-,29+,37?/m1/s1. The number of benzene rings is 3. The van der Waals surface area contributed by atoms with Gasteiger partial charge in [0.25, 0.3) is 0 Å². The van der Waals surface area contributed by atoms with Gasteiger partial charge in [0.1, 0.15) is 24.2 Å². The molecule has 3 aromatic carbocycles. The molecular weight excluding hydrogens is 539 g/mol. The number of ether oxygens (including phenoxy) is 1. The quantitative estimate of drug-likeness (QED) is 0.243. The van der Waals surface area contributed by atoms with Crippen LogP contribution in [-0.4, -0.2) is 71.2 Å². The Balaban J connectivity index is 1.62. The van der Waals surface area contributed by atoms with Gasteiger partial charge >= 0.3 is 12.0 Å². The number of hydrogen-bond donors (Lipinski definition) is 3. The van der Waals surface area contributed by atoms with Crippen LogP contribution in [0.25, 0.3) is 0 Å². The van der Waals surface area contributed by atoms with Gasteiger partial charge in [0.05, 0.1) is 38.3 Å². The van der Waals surface area contributed by atoms with Gasteiger partial charge < -0.3 is 30.3 Å². The summed E-state index contributed by atoms with van der Waals surface area (Å²) in [5.41, 5.74) is 8.32. The van der Waals surface area contributed by atoms with Crippen LogP contribution >= 0.6 is 0 Å². The van der Waals surface area contributed by atoms with Crippen LogP contribution in [0.15, 0.2) is 72.8 Å². The third-order valence-corrected chi connectivity index (χ3v) is 7.64. The number of esters is 1. The first-order chi connectivity index (χ1) is 20.1. The number of anilines is 1. The molecule has 0 bridgehead atoms. The van der Waals surface area contributed by atoms with Gasteiger partial charge in [0.2, 0.25) is 5.91 Å². The molecule has 3 amide bonds. The number of likely N-dealkylation sites (tertiary alicyclic amines) is 1. The predicted molar refractivity (Wildman–Crippen MR) is 157 cm³/mol. The molecule has 1 aliphatic heterocycles. The van der Waals surface area contributed by atoms with E-state index in [0.29, 0.717) is 35.2 Å². The highest BCUT2D eigenvalue weighted by molar-refractivity contribution is 5.95. The van der Waals surface area contributed by atoms with E-state index in [-0.39, 0.29) is 30.6 Å². The highest BCUT2D eigenvalue weighted by Gasteiger charge is 2.41. The first kappa shape index (κ1) is 30.5. The summed E-state index contributed by atoms with van der Waals surface area (Å²) >= 11 is 0. The maximum Gasteiger partial charge on any atom is 0.338 e. The molecule has 222 valence electrons. The minimum Gasteiger partial charge on any atom is -0.508 e. The van der Waals surface area contributed by atoms with Crippen LogP contribution in [-0.2, 0) is 22.5 Å². The maximum atomic E-state index is 14.0. The molecule has 3 atom stereocenters. The summed E-state index contributed by atoms with van der Waals surface area (Å²) in [6.45, 7) is 3.90. The van der Waals surface area contributed by atoms with Gasteiger partial charge in [-0.1, -0.05) is 24.3 Å². The zero-order valence-corrected chi connectivity index (χ0v) is 24.0. The average Bonchev–Trinajstić information content (AvgIpc) is 2.94. The summed E-state index contributed by atoms with van der Waals surface area (Å²) < 4.78 is 19.5. The average molecular weight is 578 g/mol. The first-order valence-electron chi connectivity index (χ1n) is 14.1. The van der Waals surface area contributed by atoms with Crippen molar-refractivity contribution in [3.63, 3.8) is 0 Å². The maximum absolute atomic E-state index is 14.0. The van der Waals surface area contributed by atoms with Crippen LogP contribution in [0.2, 0.25) is 0 Å². The Bertz CT molecular complexity index is 1400. The summed E-state index contributed by atoms with van der Waals surface area (Å²) in [5.74, 6) is -1.32. The van der Waals surface area contributed by atoms with Crippen molar-refractivity contribution in [2.75, 3.05) is 32.1 Å². The topological polar surface area (TPSA) is 122 Å². The van der Waals surface area contributed by atoms with Crippen molar-refractivity contribution in [3.8, 4) is 5.75 Å². The fourth-order valence-corrected chi connectivity index (χ4v) is 5.69. The molecule has 1 unspecified atom stereocenters. The van der Waals surface area contributed by atoms with E-state index in [9.17, 15) is 23.9 Å². The van der Waals surface area contributed by atoms with Gasteiger partial charge in [0.15, 0.2) is 0 Å². The van der Waals surface area contributed by atoms with E-state index in [2.05, 4.69) is 12.4 Å². The normalized spacial score (nSPS) is 19.0. The van der Waals surface area contributed by atoms with E-state index in [0.717, 1.165) is 24.1 Å². The number of piperidine rings is 1. The lowest BCUT2D eigenvalue weighted by Crippen LogP contribution is -2.62. The minimum atomic E-state index is -0.973. The Kier molecular flexibility index (Phi) is 9.80. The predicted octanol–water partition coefficient (Wildman–Crippen LogP) is 4.45. The molecule has 0 aromatic heterocycles. The molecule has 1 aliphatic rings. The third kappa shape index (κ3) is 7.85. The number of hydrogen-bond acceptors (Lipinski definition) is 5. The number of nitrogens with zero attached hydrogens (tertiary/aromatic N) is 2. The molecule has 4 rings (SSSR count). The van der Waals surface area contributed by atoms with Crippen LogP contribution < -0.4 is 11.1 Å². The Morgan fingerprint density at radius 1 is 1.10 bits per heavy atom. The first-order valence-corrected chi connectivity index (χ1v) is 14.1. The van der Waals surface area contributed by atoms with Gasteiger partial charge in [-0.05, 0) is 73.9 Å². The smallest absolute Gasteiger partial charge is 0.338 e. The number of primary amides is 1. The zero-order valence-electron chi connectivity index (χ0n) is 24.0. The van der Waals surface area contributed by atoms with Gasteiger partial charge in [-0.15, -0.1) is 0 Å². The fraction of sp³-hybridized carbons (Fsp3) is 0.344. The summed E-state index contributed by atoms with van der Waals surface area (Å²) in [7, 11) is 2.07. The molecule has 0 radical (unpaired) electrons. The number of rotatable bonds is 10. The highest BCUT2D eigenvalue weighted by Crippen LogP contribution is 2.28. The fourth-order valence-electron chi connectivity index (χ4n) is 5.69. The largest absolute Gasteiger partial charge is 0.508 e. The number of halogens is 1. The molecule has 0 aliphatic carbocycles. The number of nitrogens with two attached hydrogens (primary N) is 1. The van der Waals surface area contributed by atoms with Crippen LogP contribution in [0.5, 0.6) is 5.75 Å². The van der Waals surface area contributed by atoms with E-state index in [1.54, 1.807) is 49.4 Å². The van der Waals surface area contributed by atoms with Crippen molar-refractivity contribution >= 4 is 23.6 Å². The van der Waals surface area contributed by atoms with Crippen molar-refractivity contribution in [3.05, 3.63) is 95.3 Å². The molecule has 0 spiro atoms. The molecule has 3 aromatic rings. The second-order valence-electron chi connectivity index (χ2n) is 11.0. The van der Waals surface area contributed by atoms with Gasteiger partial charge in [0, 0.05) is 17.7 Å². The van der Waals surface area contributed by atoms with Crippen molar-refractivity contribution in [1.82, 2.24) is 4.90 Å². The van der Waals surface area contributed by atoms with Crippen molar-refractivity contribution in [2.24, 2.45) is 5.73 Å². The van der Waals surface area contributed by atoms with Gasteiger partial charge in [-0.2, -0.15) is 0 Å². The van der Waals surface area contributed by atoms with Crippen LogP contribution in [0.3, 0.4) is 0 Å². The lowest BCUT2D eigenvalue weighted by atomic mass is 9.96. The van der Waals surface area contributed by atoms with E-state index in [1.165, 1.54) is 29.2 Å². The zero-order chi connectivity index (χ0) is 30.3. The Morgan fingerprint density at radius 2 is 1.81 bits per heavy atom. The number of carbonyl (C=O) groups excluding carboxylic acids is 3. The summed E-state index contributed by atoms with van der Waals surface area (Å²) in [4.78, 5) is 40.5. The monoisotopic (exact) mass is 577 g/mol. The van der Waals surface area contributed by atoms with Gasteiger partial charge in [-0.3, -0.25) is 4.79 Å². The number of phenolic OH excluding ortho intramolecular Hbond substituents is 1. The number of phenols is 1. The second-order valence-corrected chi connectivity index (χ2v) is 11.0. The number of aromatic hydroxyl groups is 1. The van der Waals surface area contributed by atoms with E-state index < -0.39 is 23.9 Å². The molecule has 1 saturated heterocycles. The molecule has 42 heavy (non-hydrogen) atoms. The van der Waals surface area contributed by atoms with Crippen molar-refractivity contribution in [1.29, 1.82) is 0 Å². The van der Waals surface area contributed by atoms with Crippen molar-refractivity contribution in [2.45, 2.75) is 44.8 Å². The van der Waals surface area contributed by atoms with E-state index in [4.69, 9.17) is 10.5 Å². The molecule has 1 fully saturated rings. The van der Waals surface area contributed by atoms with E-state index in [1.807, 2.05) is 6.07 Å². The molecule has 4 N–H and O–H groups in total. The van der Waals surface area contributed by atoms with Crippen molar-refractivity contribution < 1.29 is 33.1 Å². The number of carbonyl (C=O) groups is 3. The number of quaternary nitrogens is 1. The Hall–Kier alpha value is -4.44. The molecular formula is C32H38FN4O5+. The molecule has 9 nitrogen and oxygen atoms in total. The number of likely N-dealkylation sites (N-methyl/N-ethyl adjacent to an activating group) is 1. The van der Waals surface area contributed by atoms with E-state index >= 15 is 0 Å². The van der Waals surface area contributed by atoms with Crippen LogP contribution in [0.4, 0.5) is 14.9 Å². The number of amides is 3.